The molecule has 0 bridgehead atoms. The molecule has 176 valence electrons. The van der Waals surface area contributed by atoms with Gasteiger partial charge in [0.15, 0.2) is 0 Å². The largest absolute Gasteiger partial charge is 0.350 e. The summed E-state index contributed by atoms with van der Waals surface area (Å²) in [6.07, 6.45) is 3.64. The molecule has 1 aromatic heterocycles. The van der Waals surface area contributed by atoms with E-state index in [0.717, 1.165) is 17.7 Å². The lowest BCUT2D eigenvalue weighted by Gasteiger charge is -2.34. The molecule has 0 saturated carbocycles. The Morgan fingerprint density at radius 3 is 2.25 bits per heavy atom. The van der Waals surface area contributed by atoms with Gasteiger partial charge in [-0.25, -0.2) is 0 Å². The van der Waals surface area contributed by atoms with Crippen LogP contribution in [0.2, 0.25) is 5.02 Å². The van der Waals surface area contributed by atoms with E-state index in [4.69, 9.17) is 16.7 Å². The smallest absolute Gasteiger partial charge is 0.237 e. The minimum Gasteiger partial charge on any atom is -0.350 e. The Morgan fingerprint density at radius 2 is 1.72 bits per heavy atom. The Hall–Kier alpha value is -1.85. The zero-order valence-electron chi connectivity index (χ0n) is 20.8. The van der Waals surface area contributed by atoms with Crippen LogP contribution in [0.3, 0.4) is 0 Å². The predicted octanol–water partition coefficient (Wildman–Crippen LogP) is 5.81. The molecule has 32 heavy (non-hydrogen) atoms. The van der Waals surface area contributed by atoms with Crippen LogP contribution in [0.15, 0.2) is 36.5 Å². The number of nitrogens with zero attached hydrogens (tertiary/aromatic N) is 2. The molecule has 2 aromatic rings. The molecule has 1 amide bonds. The van der Waals surface area contributed by atoms with Crippen LogP contribution < -0.4 is 10.6 Å². The fraction of sp³-hybridized carbons (Fsp3) is 0.615. The number of nitrogens with one attached hydrogen (secondary N) is 2. The highest BCUT2D eigenvalue weighted by atomic mass is 35.5. The lowest BCUT2D eigenvalue weighted by Crippen LogP contribution is -2.51. The van der Waals surface area contributed by atoms with Crippen LogP contribution in [0, 0.1) is 5.41 Å². The van der Waals surface area contributed by atoms with E-state index >= 15 is 0 Å². The first-order valence-electron chi connectivity index (χ1n) is 11.5. The number of carbonyl (C=O) groups is 1. The molecule has 1 aliphatic heterocycles. The molecular formula is C26H39ClN4O. The van der Waals surface area contributed by atoms with Crippen molar-refractivity contribution in [3.63, 3.8) is 0 Å². The van der Waals surface area contributed by atoms with Crippen molar-refractivity contribution in [2.45, 2.75) is 97.3 Å². The highest BCUT2D eigenvalue weighted by Crippen LogP contribution is 2.40. The van der Waals surface area contributed by atoms with Crippen LogP contribution in [0.5, 0.6) is 0 Å². The van der Waals surface area contributed by atoms with Gasteiger partial charge in [-0.1, -0.05) is 44.5 Å². The Kier molecular flexibility index (Phi) is 6.84. The molecule has 6 heteroatoms. The summed E-state index contributed by atoms with van der Waals surface area (Å²) < 4.78 is 2.00. The third-order valence-corrected chi connectivity index (χ3v) is 6.18. The van der Waals surface area contributed by atoms with Gasteiger partial charge in [-0.15, -0.1) is 0 Å². The van der Waals surface area contributed by atoms with Gasteiger partial charge in [-0.05, 0) is 76.6 Å². The van der Waals surface area contributed by atoms with Crippen molar-refractivity contribution in [1.82, 2.24) is 20.4 Å². The van der Waals surface area contributed by atoms with E-state index in [9.17, 15) is 4.79 Å². The maximum atomic E-state index is 13.3. The van der Waals surface area contributed by atoms with Crippen molar-refractivity contribution >= 4 is 17.5 Å². The minimum atomic E-state index is -0.279. The first-order chi connectivity index (χ1) is 14.6. The van der Waals surface area contributed by atoms with Gasteiger partial charge in [0.25, 0.3) is 0 Å². The second kappa shape index (κ2) is 8.83. The Bertz CT molecular complexity index is 934. The highest BCUT2D eigenvalue weighted by molar-refractivity contribution is 6.30. The van der Waals surface area contributed by atoms with Crippen molar-refractivity contribution in [2.24, 2.45) is 5.41 Å². The zero-order valence-corrected chi connectivity index (χ0v) is 21.5. The number of hydrogen-bond donors (Lipinski definition) is 2. The highest BCUT2D eigenvalue weighted by Gasteiger charge is 2.41. The maximum Gasteiger partial charge on any atom is 0.237 e. The van der Waals surface area contributed by atoms with Crippen molar-refractivity contribution in [1.29, 1.82) is 0 Å². The van der Waals surface area contributed by atoms with E-state index in [-0.39, 0.29) is 40.4 Å². The Labute approximate surface area is 198 Å². The Morgan fingerprint density at radius 1 is 1.09 bits per heavy atom. The average molecular weight is 459 g/mol. The molecule has 3 atom stereocenters. The van der Waals surface area contributed by atoms with Crippen molar-refractivity contribution < 1.29 is 4.79 Å². The molecule has 0 spiro atoms. The SMILES string of the molecule is CC(C)(C)CC(C)(C)NC(=O)[C@@H]1C[C@@H](c2ccn(C(C)(C)C)n2)[C@H](c2ccc(Cl)cc2)N1. The number of aromatic nitrogens is 2. The van der Waals surface area contributed by atoms with Gasteiger partial charge in [0.2, 0.25) is 5.91 Å². The van der Waals surface area contributed by atoms with Gasteiger partial charge in [0.1, 0.15) is 0 Å². The van der Waals surface area contributed by atoms with Gasteiger partial charge >= 0.3 is 0 Å². The number of amides is 1. The van der Waals surface area contributed by atoms with Gasteiger partial charge in [0, 0.05) is 28.7 Å². The fourth-order valence-corrected chi connectivity index (χ4v) is 5.09. The molecule has 0 radical (unpaired) electrons. The second-order valence-electron chi connectivity index (χ2n) is 12.1. The summed E-state index contributed by atoms with van der Waals surface area (Å²) >= 11 is 6.13. The molecule has 3 rings (SSSR count). The summed E-state index contributed by atoms with van der Waals surface area (Å²) in [5.74, 6) is 0.150. The molecule has 2 heterocycles. The van der Waals surface area contributed by atoms with Crippen LogP contribution in [0.4, 0.5) is 0 Å². The summed E-state index contributed by atoms with van der Waals surface area (Å²) in [5, 5.41) is 12.5. The van der Waals surface area contributed by atoms with Gasteiger partial charge in [0.05, 0.1) is 17.3 Å². The minimum absolute atomic E-state index is 0.00272. The third-order valence-electron chi connectivity index (χ3n) is 5.93. The predicted molar refractivity (Wildman–Crippen MR) is 132 cm³/mol. The van der Waals surface area contributed by atoms with Crippen molar-refractivity contribution in [2.75, 3.05) is 0 Å². The van der Waals surface area contributed by atoms with E-state index in [1.165, 1.54) is 0 Å². The lowest BCUT2D eigenvalue weighted by atomic mass is 9.81. The van der Waals surface area contributed by atoms with Gasteiger partial charge < -0.3 is 5.32 Å². The quantitative estimate of drug-likeness (QED) is 0.594. The number of carbonyl (C=O) groups excluding carboxylic acids is 1. The van der Waals surface area contributed by atoms with Crippen LogP contribution >= 0.6 is 11.6 Å². The Balaban J connectivity index is 1.85. The lowest BCUT2D eigenvalue weighted by molar-refractivity contribution is -0.124. The van der Waals surface area contributed by atoms with Crippen molar-refractivity contribution in [3.05, 3.63) is 52.8 Å². The first kappa shape index (κ1) is 24.8. The topological polar surface area (TPSA) is 59.0 Å². The van der Waals surface area contributed by atoms with E-state index in [1.807, 2.05) is 35.1 Å². The third kappa shape index (κ3) is 6.14. The molecular weight excluding hydrogens is 420 g/mol. The molecule has 1 aliphatic rings. The van der Waals surface area contributed by atoms with E-state index in [0.29, 0.717) is 11.4 Å². The average Bonchev–Trinajstić information content (AvgIpc) is 3.26. The van der Waals surface area contributed by atoms with Crippen LogP contribution in [0.25, 0.3) is 0 Å². The van der Waals surface area contributed by atoms with Gasteiger partial charge in [-0.2, -0.15) is 5.10 Å². The number of halogens is 1. The molecule has 0 aliphatic carbocycles. The van der Waals surface area contributed by atoms with Crippen LogP contribution in [0.1, 0.15) is 91.4 Å². The van der Waals surface area contributed by atoms with Crippen LogP contribution in [-0.4, -0.2) is 27.3 Å². The standard InChI is InChI=1S/C26H39ClN4O/c1-24(2,3)16-26(7,8)29-23(32)21-15-19(20-13-14-31(30-20)25(4,5)6)22(28-21)17-9-11-18(27)12-10-17/h9-14,19,21-22,28H,15-16H2,1-8H3,(H,29,32)/t19-,21-,22-/m0/s1. The summed E-state index contributed by atoms with van der Waals surface area (Å²) in [5.41, 5.74) is 1.89. The fourth-order valence-electron chi connectivity index (χ4n) is 4.96. The molecule has 1 saturated heterocycles. The first-order valence-corrected chi connectivity index (χ1v) is 11.9. The monoisotopic (exact) mass is 458 g/mol. The molecule has 1 aromatic carbocycles. The van der Waals surface area contributed by atoms with Crippen molar-refractivity contribution in [3.8, 4) is 0 Å². The van der Waals surface area contributed by atoms with Crippen LogP contribution in [-0.2, 0) is 10.3 Å². The van der Waals surface area contributed by atoms with E-state index in [1.54, 1.807) is 0 Å². The normalized spacial score (nSPS) is 22.2. The molecule has 0 unspecified atom stereocenters. The maximum absolute atomic E-state index is 13.3. The molecule has 1 fully saturated rings. The van der Waals surface area contributed by atoms with E-state index < -0.39 is 0 Å². The number of benzene rings is 1. The number of rotatable bonds is 5. The molecule has 2 N–H and O–H groups in total. The number of hydrogen-bond acceptors (Lipinski definition) is 3. The molecule has 5 nitrogen and oxygen atoms in total. The summed E-state index contributed by atoms with van der Waals surface area (Å²) in [7, 11) is 0. The summed E-state index contributed by atoms with van der Waals surface area (Å²) in [6, 6.07) is 9.70. The summed E-state index contributed by atoms with van der Waals surface area (Å²) in [6.45, 7) is 17.2. The zero-order chi connectivity index (χ0) is 23.9. The van der Waals surface area contributed by atoms with E-state index in [2.05, 4.69) is 72.1 Å². The summed E-state index contributed by atoms with van der Waals surface area (Å²) in [4.78, 5) is 13.3. The van der Waals surface area contributed by atoms with Gasteiger partial charge in [-0.3, -0.25) is 14.8 Å². The second-order valence-corrected chi connectivity index (χ2v) is 12.5.